The molecule has 5 heteroatoms. The van der Waals surface area contributed by atoms with Crippen LogP contribution < -0.4 is 0 Å². The van der Waals surface area contributed by atoms with Crippen molar-refractivity contribution in [3.63, 3.8) is 0 Å². The summed E-state index contributed by atoms with van der Waals surface area (Å²) in [6, 6.07) is 0. The van der Waals surface area contributed by atoms with Gasteiger partial charge in [-0.2, -0.15) is 0 Å². The molecule has 1 fully saturated rings. The molecule has 1 rings (SSSR count). The van der Waals surface area contributed by atoms with Crippen LogP contribution in [0.1, 0.15) is 26.7 Å². The van der Waals surface area contributed by atoms with Crippen molar-refractivity contribution in [2.24, 2.45) is 0 Å². The quantitative estimate of drug-likeness (QED) is 0.545. The summed E-state index contributed by atoms with van der Waals surface area (Å²) < 4.78 is 10.5. The van der Waals surface area contributed by atoms with Gasteiger partial charge >= 0.3 is 0 Å². The molecule has 2 unspecified atom stereocenters. The van der Waals surface area contributed by atoms with E-state index >= 15 is 0 Å². The third kappa shape index (κ3) is 3.51. The van der Waals surface area contributed by atoms with Crippen molar-refractivity contribution in [3.8, 4) is 0 Å². The van der Waals surface area contributed by atoms with Crippen molar-refractivity contribution in [2.75, 3.05) is 6.61 Å². The lowest BCUT2D eigenvalue weighted by Gasteiger charge is -2.24. The van der Waals surface area contributed by atoms with Gasteiger partial charge in [-0.15, -0.1) is 0 Å². The average Bonchev–Trinajstić information content (AvgIpc) is 2.48. The Kier molecular flexibility index (Phi) is 3.86. The molecule has 3 N–H and O–H groups in total. The van der Waals surface area contributed by atoms with E-state index < -0.39 is 24.3 Å². The fourth-order valence-electron chi connectivity index (χ4n) is 1.44. The second kappa shape index (κ2) is 4.55. The smallest absolute Gasteiger partial charge is 0.162 e. The number of ether oxygens (including phenoxy) is 2. The van der Waals surface area contributed by atoms with Gasteiger partial charge in [-0.1, -0.05) is 0 Å². The maximum Gasteiger partial charge on any atom is 0.162 e. The van der Waals surface area contributed by atoms with Gasteiger partial charge in [0.15, 0.2) is 12.1 Å². The fraction of sp³-hybridized carbons (Fsp3) is 1.00. The van der Waals surface area contributed by atoms with Crippen LogP contribution in [-0.2, 0) is 9.47 Å². The number of hydrogen-bond acceptors (Lipinski definition) is 5. The van der Waals surface area contributed by atoms with Crippen LogP contribution in [0, 0.1) is 0 Å². The van der Waals surface area contributed by atoms with Crippen molar-refractivity contribution in [1.29, 1.82) is 0 Å². The highest BCUT2D eigenvalue weighted by Crippen LogP contribution is 2.25. The molecule has 14 heavy (non-hydrogen) atoms. The second-order valence-electron chi connectivity index (χ2n) is 4.00. The molecule has 0 bridgehead atoms. The third-order valence-corrected chi connectivity index (χ3v) is 2.05. The van der Waals surface area contributed by atoms with Gasteiger partial charge in [0.05, 0.1) is 12.7 Å². The van der Waals surface area contributed by atoms with E-state index in [9.17, 15) is 10.2 Å². The molecule has 1 saturated heterocycles. The predicted octanol–water partition coefficient (Wildman–Crippen LogP) is -0.410. The zero-order valence-electron chi connectivity index (χ0n) is 8.51. The maximum atomic E-state index is 9.35. The van der Waals surface area contributed by atoms with Crippen LogP contribution in [-0.4, -0.2) is 46.2 Å². The molecular weight excluding hydrogens is 188 g/mol. The summed E-state index contributed by atoms with van der Waals surface area (Å²) in [5.41, 5.74) is 0. The zero-order valence-corrected chi connectivity index (χ0v) is 8.51. The minimum atomic E-state index is -1.23. The first-order valence-corrected chi connectivity index (χ1v) is 4.77. The van der Waals surface area contributed by atoms with Crippen molar-refractivity contribution < 1.29 is 24.8 Å². The standard InChI is InChI=1S/C9H18O5/c1-9(2,12)14-8-4-3-7(13-8)6(11)5-10/h6-8,10-12H,3-5H2,1-2H3/t6?,7-,8?/m0/s1. The predicted molar refractivity (Wildman–Crippen MR) is 48.4 cm³/mol. The summed E-state index contributed by atoms with van der Waals surface area (Å²) in [5, 5.41) is 27.3. The molecule has 1 aliphatic heterocycles. The van der Waals surface area contributed by atoms with Gasteiger partial charge in [-0.3, -0.25) is 0 Å². The highest BCUT2D eigenvalue weighted by Gasteiger charge is 2.33. The second-order valence-corrected chi connectivity index (χ2v) is 4.00. The molecule has 1 aliphatic rings. The molecule has 0 spiro atoms. The molecular formula is C9H18O5. The Hall–Kier alpha value is -0.200. The summed E-state index contributed by atoms with van der Waals surface area (Å²) in [6.07, 6.45) is -0.521. The van der Waals surface area contributed by atoms with E-state index in [4.69, 9.17) is 14.6 Å². The van der Waals surface area contributed by atoms with Crippen molar-refractivity contribution in [1.82, 2.24) is 0 Å². The lowest BCUT2D eigenvalue weighted by atomic mass is 10.1. The van der Waals surface area contributed by atoms with E-state index in [2.05, 4.69) is 0 Å². The number of aliphatic hydroxyl groups is 3. The first-order valence-electron chi connectivity index (χ1n) is 4.77. The van der Waals surface area contributed by atoms with Gasteiger partial charge < -0.3 is 24.8 Å². The molecule has 0 aromatic rings. The lowest BCUT2D eigenvalue weighted by Crippen LogP contribution is -2.33. The first kappa shape index (κ1) is 11.9. The molecule has 0 aromatic heterocycles. The van der Waals surface area contributed by atoms with Crippen LogP contribution in [0.15, 0.2) is 0 Å². The summed E-state index contributed by atoms with van der Waals surface area (Å²) in [4.78, 5) is 0. The van der Waals surface area contributed by atoms with Crippen molar-refractivity contribution in [3.05, 3.63) is 0 Å². The van der Waals surface area contributed by atoms with Gasteiger partial charge in [0.2, 0.25) is 0 Å². The number of rotatable bonds is 4. The molecule has 3 atom stereocenters. The summed E-state index contributed by atoms with van der Waals surface area (Å²) >= 11 is 0. The van der Waals surface area contributed by atoms with Crippen LogP contribution in [0.3, 0.4) is 0 Å². The summed E-state index contributed by atoms with van der Waals surface area (Å²) in [5.74, 6) is -1.23. The van der Waals surface area contributed by atoms with Crippen LogP contribution in [0.25, 0.3) is 0 Å². The normalized spacial score (nSPS) is 30.6. The first-order chi connectivity index (χ1) is 6.42. The topological polar surface area (TPSA) is 79.2 Å². The van der Waals surface area contributed by atoms with Gasteiger partial charge in [-0.05, 0) is 20.3 Å². The monoisotopic (exact) mass is 206 g/mol. The molecule has 0 aromatic carbocycles. The molecule has 0 aliphatic carbocycles. The molecule has 0 saturated carbocycles. The highest BCUT2D eigenvalue weighted by atomic mass is 16.7. The van der Waals surface area contributed by atoms with Gasteiger partial charge in [-0.25, -0.2) is 0 Å². The lowest BCUT2D eigenvalue weighted by molar-refractivity contribution is -0.273. The molecule has 0 amide bonds. The van der Waals surface area contributed by atoms with Gasteiger partial charge in [0, 0.05) is 6.42 Å². The number of hydrogen-bond donors (Lipinski definition) is 3. The Morgan fingerprint density at radius 3 is 2.64 bits per heavy atom. The minimum absolute atomic E-state index is 0.320. The Labute approximate surface area is 83.3 Å². The Morgan fingerprint density at radius 1 is 1.50 bits per heavy atom. The third-order valence-electron chi connectivity index (χ3n) is 2.05. The Bertz CT molecular complexity index is 177. The maximum absolute atomic E-state index is 9.35. The van der Waals surface area contributed by atoms with E-state index in [1.54, 1.807) is 0 Å². The zero-order chi connectivity index (χ0) is 10.8. The SMILES string of the molecule is CC(C)(O)OC1CC[C@@H](C(O)CO)O1. The molecule has 5 nitrogen and oxygen atoms in total. The van der Waals surface area contributed by atoms with E-state index in [-0.39, 0.29) is 6.61 Å². The van der Waals surface area contributed by atoms with Crippen molar-refractivity contribution >= 4 is 0 Å². The van der Waals surface area contributed by atoms with E-state index in [1.165, 1.54) is 13.8 Å². The number of aliphatic hydroxyl groups excluding tert-OH is 2. The van der Waals surface area contributed by atoms with Gasteiger partial charge in [0.1, 0.15) is 6.10 Å². The minimum Gasteiger partial charge on any atom is -0.394 e. The largest absolute Gasteiger partial charge is 0.394 e. The Balaban J connectivity index is 2.34. The van der Waals surface area contributed by atoms with E-state index in [1.807, 2.05) is 0 Å². The van der Waals surface area contributed by atoms with Crippen LogP contribution in [0.2, 0.25) is 0 Å². The van der Waals surface area contributed by atoms with Crippen LogP contribution in [0.4, 0.5) is 0 Å². The van der Waals surface area contributed by atoms with Crippen molar-refractivity contribution in [2.45, 2.75) is 51.0 Å². The van der Waals surface area contributed by atoms with Gasteiger partial charge in [0.25, 0.3) is 0 Å². The van der Waals surface area contributed by atoms with Crippen LogP contribution >= 0.6 is 0 Å². The summed E-state index contributed by atoms with van der Waals surface area (Å²) in [6.45, 7) is 2.72. The van der Waals surface area contributed by atoms with E-state index in [0.29, 0.717) is 12.8 Å². The molecule has 1 heterocycles. The van der Waals surface area contributed by atoms with E-state index in [0.717, 1.165) is 0 Å². The molecule has 84 valence electrons. The van der Waals surface area contributed by atoms with Crippen LogP contribution in [0.5, 0.6) is 0 Å². The molecule has 0 radical (unpaired) electrons. The Morgan fingerprint density at radius 2 is 2.14 bits per heavy atom. The fourth-order valence-corrected chi connectivity index (χ4v) is 1.44. The summed E-state index contributed by atoms with van der Waals surface area (Å²) in [7, 11) is 0. The average molecular weight is 206 g/mol. The highest BCUT2D eigenvalue weighted by molar-refractivity contribution is 4.75.